The number of rotatable bonds is 6. The highest BCUT2D eigenvalue weighted by molar-refractivity contribution is 9.10. The lowest BCUT2D eigenvalue weighted by Crippen LogP contribution is -2.26. The van der Waals surface area contributed by atoms with Gasteiger partial charge in [-0.2, -0.15) is 0 Å². The first-order valence-corrected chi connectivity index (χ1v) is 7.91. The van der Waals surface area contributed by atoms with E-state index in [9.17, 15) is 12.8 Å². The van der Waals surface area contributed by atoms with Gasteiger partial charge in [-0.15, -0.1) is 0 Å². The van der Waals surface area contributed by atoms with Gasteiger partial charge in [-0.25, -0.2) is 17.9 Å². The summed E-state index contributed by atoms with van der Waals surface area (Å²) >= 11 is 3.17. The van der Waals surface area contributed by atoms with Crippen LogP contribution in [-0.4, -0.2) is 20.8 Å². The fourth-order valence-electron chi connectivity index (χ4n) is 1.41. The van der Waals surface area contributed by atoms with Crippen LogP contribution in [-0.2, 0) is 10.0 Å². The molecule has 0 saturated carbocycles. The van der Waals surface area contributed by atoms with Gasteiger partial charge in [0.05, 0.1) is 16.8 Å². The number of primary sulfonamides is 1. The minimum Gasteiger partial charge on any atom is -0.492 e. The lowest BCUT2D eigenvalue weighted by atomic mass is 10.1. The molecule has 0 aliphatic heterocycles. The maximum absolute atomic E-state index is 12.9. The zero-order valence-electron chi connectivity index (χ0n) is 9.90. The van der Waals surface area contributed by atoms with Crippen molar-refractivity contribution >= 4 is 26.0 Å². The van der Waals surface area contributed by atoms with Crippen LogP contribution in [0.2, 0.25) is 0 Å². The second kappa shape index (κ2) is 6.49. The van der Waals surface area contributed by atoms with Crippen LogP contribution in [0.3, 0.4) is 0 Å². The third kappa shape index (κ3) is 5.32. The summed E-state index contributed by atoms with van der Waals surface area (Å²) < 4.78 is 40.8. The second-order valence-corrected chi connectivity index (χ2v) is 6.50. The van der Waals surface area contributed by atoms with Gasteiger partial charge in [0.25, 0.3) is 0 Å². The number of hydrogen-bond acceptors (Lipinski definition) is 3. The number of hydrogen-bond donors (Lipinski definition) is 1. The highest BCUT2D eigenvalue weighted by atomic mass is 79.9. The minimum absolute atomic E-state index is 0.123. The molecule has 0 aliphatic rings. The molecule has 0 aromatic heterocycles. The van der Waals surface area contributed by atoms with Crippen molar-refractivity contribution in [2.45, 2.75) is 13.3 Å². The van der Waals surface area contributed by atoms with Crippen LogP contribution in [0.25, 0.3) is 0 Å². The van der Waals surface area contributed by atoms with Gasteiger partial charge in [0.1, 0.15) is 11.6 Å². The van der Waals surface area contributed by atoms with E-state index >= 15 is 0 Å². The summed E-state index contributed by atoms with van der Waals surface area (Å²) in [6.45, 7) is 2.08. The Hall–Kier alpha value is -0.660. The molecule has 0 bridgehead atoms. The minimum atomic E-state index is -3.51. The fraction of sp³-hybridized carbons (Fsp3) is 0.455. The maximum atomic E-state index is 12.9. The van der Waals surface area contributed by atoms with Crippen LogP contribution in [0, 0.1) is 11.7 Å². The van der Waals surface area contributed by atoms with Crippen LogP contribution in [0.15, 0.2) is 22.7 Å². The summed E-state index contributed by atoms with van der Waals surface area (Å²) in [4.78, 5) is 0. The van der Waals surface area contributed by atoms with E-state index in [1.54, 1.807) is 0 Å². The Morgan fingerprint density at radius 2 is 2.17 bits per heavy atom. The van der Waals surface area contributed by atoms with Gasteiger partial charge in [-0.05, 0) is 40.5 Å². The van der Waals surface area contributed by atoms with Crippen molar-refractivity contribution in [2.24, 2.45) is 11.1 Å². The standard InChI is InChI=1S/C11H15BrFNO3S/c1-2-8(7-18(14,15)16)6-17-11-4-3-9(13)5-10(11)12/h3-5,8H,2,6-7H2,1H3,(H2,14,15,16). The Balaban J connectivity index is 2.62. The Labute approximate surface area is 115 Å². The van der Waals surface area contributed by atoms with Crippen molar-refractivity contribution in [3.8, 4) is 5.75 Å². The van der Waals surface area contributed by atoms with Crippen LogP contribution in [0.5, 0.6) is 5.75 Å². The van der Waals surface area contributed by atoms with Gasteiger partial charge in [0.15, 0.2) is 0 Å². The van der Waals surface area contributed by atoms with E-state index in [1.807, 2.05) is 6.92 Å². The molecule has 1 unspecified atom stereocenters. The lowest BCUT2D eigenvalue weighted by Gasteiger charge is -2.15. The normalized spacial score (nSPS) is 13.3. The lowest BCUT2D eigenvalue weighted by molar-refractivity contribution is 0.256. The number of sulfonamides is 1. The van der Waals surface area contributed by atoms with E-state index in [-0.39, 0.29) is 24.1 Å². The molecule has 102 valence electrons. The predicted molar refractivity (Wildman–Crippen MR) is 71.4 cm³/mol. The van der Waals surface area contributed by atoms with E-state index in [2.05, 4.69) is 15.9 Å². The number of nitrogens with two attached hydrogens (primary N) is 1. The molecule has 1 atom stereocenters. The zero-order chi connectivity index (χ0) is 13.8. The Bertz CT molecular complexity index is 507. The fourth-order valence-corrected chi connectivity index (χ4v) is 2.87. The van der Waals surface area contributed by atoms with Crippen molar-refractivity contribution < 1.29 is 17.5 Å². The topological polar surface area (TPSA) is 69.4 Å². The molecule has 0 aliphatic carbocycles. The quantitative estimate of drug-likeness (QED) is 0.864. The molecule has 2 N–H and O–H groups in total. The molecule has 0 radical (unpaired) electrons. The molecule has 0 saturated heterocycles. The smallest absolute Gasteiger partial charge is 0.209 e. The van der Waals surface area contributed by atoms with Gasteiger partial charge in [0.2, 0.25) is 10.0 Å². The van der Waals surface area contributed by atoms with E-state index in [1.165, 1.54) is 18.2 Å². The molecule has 0 heterocycles. The molecule has 0 fully saturated rings. The monoisotopic (exact) mass is 339 g/mol. The molecule has 4 nitrogen and oxygen atoms in total. The first-order valence-electron chi connectivity index (χ1n) is 5.40. The molecule has 7 heteroatoms. The van der Waals surface area contributed by atoms with Gasteiger partial charge in [-0.3, -0.25) is 0 Å². The molecule has 0 spiro atoms. The van der Waals surface area contributed by atoms with E-state index in [4.69, 9.17) is 9.88 Å². The average Bonchev–Trinajstić information content (AvgIpc) is 2.24. The molecule has 0 amide bonds. The van der Waals surface area contributed by atoms with Gasteiger partial charge < -0.3 is 4.74 Å². The van der Waals surface area contributed by atoms with Crippen molar-refractivity contribution in [3.05, 3.63) is 28.5 Å². The first kappa shape index (κ1) is 15.4. The largest absolute Gasteiger partial charge is 0.492 e. The summed E-state index contributed by atoms with van der Waals surface area (Å²) in [6, 6.07) is 4.06. The van der Waals surface area contributed by atoms with E-state index in [0.29, 0.717) is 16.6 Å². The Kier molecular flexibility index (Phi) is 5.55. The van der Waals surface area contributed by atoms with Gasteiger partial charge in [-0.1, -0.05) is 6.92 Å². The van der Waals surface area contributed by atoms with Crippen molar-refractivity contribution in [3.63, 3.8) is 0 Å². The molecule has 1 rings (SSSR count). The Morgan fingerprint density at radius 1 is 1.50 bits per heavy atom. The van der Waals surface area contributed by atoms with Crippen molar-refractivity contribution in [1.82, 2.24) is 0 Å². The van der Waals surface area contributed by atoms with Gasteiger partial charge >= 0.3 is 0 Å². The van der Waals surface area contributed by atoms with Crippen molar-refractivity contribution in [1.29, 1.82) is 0 Å². The van der Waals surface area contributed by atoms with E-state index < -0.39 is 10.0 Å². The predicted octanol–water partition coefficient (Wildman–Crippen LogP) is 2.28. The maximum Gasteiger partial charge on any atom is 0.209 e. The summed E-state index contributed by atoms with van der Waals surface area (Å²) in [5, 5.41) is 4.99. The molecular weight excluding hydrogens is 325 g/mol. The van der Waals surface area contributed by atoms with Crippen LogP contribution in [0.4, 0.5) is 4.39 Å². The van der Waals surface area contributed by atoms with Crippen LogP contribution in [0.1, 0.15) is 13.3 Å². The third-order valence-corrected chi connectivity index (χ3v) is 3.97. The Morgan fingerprint density at radius 3 is 2.67 bits per heavy atom. The number of halogens is 2. The number of ether oxygens (including phenoxy) is 1. The zero-order valence-corrected chi connectivity index (χ0v) is 12.3. The highest BCUT2D eigenvalue weighted by Crippen LogP contribution is 2.26. The summed E-state index contributed by atoms with van der Waals surface area (Å²) in [6.07, 6.45) is 0.634. The van der Waals surface area contributed by atoms with E-state index in [0.717, 1.165) is 0 Å². The summed E-state index contributed by atoms with van der Waals surface area (Å²) in [5.74, 6) is -0.200. The number of benzene rings is 1. The first-order chi connectivity index (χ1) is 8.31. The van der Waals surface area contributed by atoms with Gasteiger partial charge in [0, 0.05) is 5.92 Å². The van der Waals surface area contributed by atoms with Crippen LogP contribution >= 0.6 is 15.9 Å². The SMILES string of the molecule is CCC(COc1ccc(F)cc1Br)CS(N)(=O)=O. The molecule has 1 aromatic rings. The molecule has 18 heavy (non-hydrogen) atoms. The molecular formula is C11H15BrFNO3S. The summed E-state index contributed by atoms with van der Waals surface area (Å²) in [7, 11) is -3.51. The third-order valence-electron chi connectivity index (χ3n) is 2.41. The second-order valence-electron chi connectivity index (χ2n) is 3.99. The highest BCUT2D eigenvalue weighted by Gasteiger charge is 2.15. The van der Waals surface area contributed by atoms with Crippen LogP contribution < -0.4 is 9.88 Å². The van der Waals surface area contributed by atoms with Crippen molar-refractivity contribution in [2.75, 3.05) is 12.4 Å². The summed E-state index contributed by atoms with van der Waals surface area (Å²) in [5.41, 5.74) is 0. The average molecular weight is 340 g/mol. The molecule has 1 aromatic carbocycles.